The third-order valence-corrected chi connectivity index (χ3v) is 3.40. The zero-order chi connectivity index (χ0) is 15.7. The van der Waals surface area contributed by atoms with E-state index >= 15 is 0 Å². The van der Waals surface area contributed by atoms with Gasteiger partial charge in [0.15, 0.2) is 0 Å². The van der Waals surface area contributed by atoms with Gasteiger partial charge < -0.3 is 4.74 Å². The second kappa shape index (κ2) is 5.78. The van der Waals surface area contributed by atoms with E-state index in [1.807, 2.05) is 27.7 Å². The van der Waals surface area contributed by atoms with Gasteiger partial charge in [0.2, 0.25) is 0 Å². The molecule has 0 amide bonds. The minimum Gasteiger partial charge on any atom is -0.469 e. The number of carbonyl (C=O) groups excluding carboxylic acids is 1. The molecule has 0 bridgehead atoms. The van der Waals surface area contributed by atoms with Crippen molar-refractivity contribution < 1.29 is 13.9 Å². The molecule has 1 aromatic carbocycles. The summed E-state index contributed by atoms with van der Waals surface area (Å²) in [4.78, 5) is 11.9. The molecule has 0 radical (unpaired) electrons. The van der Waals surface area contributed by atoms with Crippen LogP contribution in [0.1, 0.15) is 57.2 Å². The third kappa shape index (κ3) is 3.27. The number of benzene rings is 1. The van der Waals surface area contributed by atoms with Crippen molar-refractivity contribution in [1.82, 2.24) is 0 Å². The van der Waals surface area contributed by atoms with Crippen LogP contribution in [-0.2, 0) is 14.9 Å². The minimum atomic E-state index is -0.457. The molecule has 0 aliphatic carbocycles. The Morgan fingerprint density at radius 1 is 1.35 bits per heavy atom. The molecule has 0 saturated heterocycles. The summed E-state index contributed by atoms with van der Waals surface area (Å²) in [6.07, 6.45) is 0. The lowest BCUT2D eigenvalue weighted by Gasteiger charge is -2.27. The van der Waals surface area contributed by atoms with E-state index in [-0.39, 0.29) is 17.2 Å². The van der Waals surface area contributed by atoms with Crippen LogP contribution in [0.5, 0.6) is 0 Å². The number of esters is 1. The van der Waals surface area contributed by atoms with Crippen LogP contribution in [0, 0.1) is 5.82 Å². The molecule has 20 heavy (non-hydrogen) atoms. The van der Waals surface area contributed by atoms with Crippen molar-refractivity contribution in [2.45, 2.75) is 46.0 Å². The molecule has 0 fully saturated rings. The van der Waals surface area contributed by atoms with E-state index in [0.29, 0.717) is 5.56 Å². The van der Waals surface area contributed by atoms with E-state index < -0.39 is 5.92 Å². The van der Waals surface area contributed by atoms with Gasteiger partial charge in [0, 0.05) is 0 Å². The highest BCUT2D eigenvalue weighted by atomic mass is 19.1. The summed E-state index contributed by atoms with van der Waals surface area (Å²) in [6, 6.07) is 2.94. The molecule has 110 valence electrons. The topological polar surface area (TPSA) is 26.3 Å². The number of hydrogen-bond acceptors (Lipinski definition) is 2. The molecular weight excluding hydrogens is 255 g/mol. The van der Waals surface area contributed by atoms with Gasteiger partial charge in [-0.05, 0) is 48.1 Å². The molecule has 1 atom stereocenters. The quantitative estimate of drug-likeness (QED) is 0.764. The fourth-order valence-electron chi connectivity index (χ4n) is 2.35. The molecule has 3 heteroatoms. The van der Waals surface area contributed by atoms with E-state index in [9.17, 15) is 9.18 Å². The van der Waals surface area contributed by atoms with Crippen LogP contribution in [0.15, 0.2) is 18.7 Å². The molecule has 1 aromatic rings. The predicted octanol–water partition coefficient (Wildman–Crippen LogP) is 4.43. The first-order chi connectivity index (χ1) is 9.09. The van der Waals surface area contributed by atoms with Crippen LogP contribution < -0.4 is 0 Å². The molecule has 2 nitrogen and oxygen atoms in total. The Bertz CT molecular complexity index is 539. The van der Waals surface area contributed by atoms with Crippen molar-refractivity contribution >= 4 is 11.5 Å². The molecule has 0 aliphatic heterocycles. The maximum absolute atomic E-state index is 13.9. The van der Waals surface area contributed by atoms with Crippen molar-refractivity contribution in [3.63, 3.8) is 0 Å². The van der Waals surface area contributed by atoms with E-state index in [2.05, 4.69) is 6.58 Å². The smallest absolute Gasteiger partial charge is 0.312 e. The van der Waals surface area contributed by atoms with Crippen molar-refractivity contribution in [3.8, 4) is 0 Å². The van der Waals surface area contributed by atoms with Gasteiger partial charge in [0.1, 0.15) is 5.82 Å². The maximum Gasteiger partial charge on any atom is 0.312 e. The van der Waals surface area contributed by atoms with Gasteiger partial charge in [-0.3, -0.25) is 4.79 Å². The Labute approximate surface area is 120 Å². The van der Waals surface area contributed by atoms with Gasteiger partial charge >= 0.3 is 5.97 Å². The summed E-state index contributed by atoms with van der Waals surface area (Å²) in [7, 11) is 1.36. The summed E-state index contributed by atoms with van der Waals surface area (Å²) < 4.78 is 18.7. The van der Waals surface area contributed by atoms with Crippen molar-refractivity contribution in [2.24, 2.45) is 0 Å². The Hall–Kier alpha value is -1.64. The number of methoxy groups -OCH3 is 1. The highest BCUT2D eigenvalue weighted by Gasteiger charge is 2.28. The Kier molecular flexibility index (Phi) is 4.74. The fourth-order valence-corrected chi connectivity index (χ4v) is 2.35. The predicted molar refractivity (Wildman–Crippen MR) is 80.2 cm³/mol. The monoisotopic (exact) mass is 278 g/mol. The normalized spacial score (nSPS) is 12.9. The fraction of sp³-hybridized carbons (Fsp3) is 0.471. The highest BCUT2D eigenvalue weighted by molar-refractivity contribution is 5.81. The molecule has 0 N–H and O–H groups in total. The first kappa shape index (κ1) is 16.4. The van der Waals surface area contributed by atoms with Crippen LogP contribution in [0.25, 0.3) is 5.57 Å². The van der Waals surface area contributed by atoms with Gasteiger partial charge in [0.05, 0.1) is 13.0 Å². The molecule has 1 unspecified atom stereocenters. The summed E-state index contributed by atoms with van der Waals surface area (Å²) in [5, 5.41) is 0. The summed E-state index contributed by atoms with van der Waals surface area (Å²) >= 11 is 0. The van der Waals surface area contributed by atoms with E-state index in [1.165, 1.54) is 19.2 Å². The molecule has 0 heterocycles. The minimum absolute atomic E-state index is 0.274. The van der Waals surface area contributed by atoms with Crippen molar-refractivity contribution in [3.05, 3.63) is 41.2 Å². The molecule has 0 spiro atoms. The van der Waals surface area contributed by atoms with Crippen molar-refractivity contribution in [2.75, 3.05) is 7.11 Å². The SMILES string of the molecule is C=C(C)c1cc(F)cc(C(C)(C)C)c1C(C)C(=O)OC. The first-order valence-electron chi connectivity index (χ1n) is 6.67. The Morgan fingerprint density at radius 3 is 2.30 bits per heavy atom. The number of allylic oxidation sites excluding steroid dienone is 1. The number of hydrogen-bond donors (Lipinski definition) is 0. The number of ether oxygens (including phenoxy) is 1. The number of halogens is 1. The number of carbonyl (C=O) groups is 1. The van der Waals surface area contributed by atoms with Crippen LogP contribution >= 0.6 is 0 Å². The Morgan fingerprint density at radius 2 is 1.90 bits per heavy atom. The standard InChI is InChI=1S/C17H23FO2/c1-10(2)13-8-12(18)9-14(17(4,5)6)15(13)11(3)16(19)20-7/h8-9,11H,1H2,2-7H3. The van der Waals surface area contributed by atoms with Gasteiger partial charge in [-0.15, -0.1) is 0 Å². The maximum atomic E-state index is 13.9. The highest BCUT2D eigenvalue weighted by Crippen LogP contribution is 2.36. The molecule has 0 aliphatic rings. The Balaban J connectivity index is 3.67. The van der Waals surface area contributed by atoms with Crippen molar-refractivity contribution in [1.29, 1.82) is 0 Å². The first-order valence-corrected chi connectivity index (χ1v) is 6.67. The summed E-state index contributed by atoms with van der Waals surface area (Å²) in [5.41, 5.74) is 2.77. The third-order valence-electron chi connectivity index (χ3n) is 3.40. The van der Waals surface area contributed by atoms with Crippen LogP contribution in [0.2, 0.25) is 0 Å². The molecule has 0 aromatic heterocycles. The summed E-state index contributed by atoms with van der Waals surface area (Å²) in [6.45, 7) is 13.5. The average molecular weight is 278 g/mol. The van der Waals surface area contributed by atoms with E-state index in [1.54, 1.807) is 6.92 Å². The lowest BCUT2D eigenvalue weighted by atomic mass is 9.77. The molecular formula is C17H23FO2. The van der Waals surface area contributed by atoms with Gasteiger partial charge in [-0.25, -0.2) is 4.39 Å². The van der Waals surface area contributed by atoms with Gasteiger partial charge in [-0.1, -0.05) is 32.9 Å². The van der Waals surface area contributed by atoms with Crippen LogP contribution in [-0.4, -0.2) is 13.1 Å². The lowest BCUT2D eigenvalue weighted by molar-refractivity contribution is -0.142. The molecule has 0 saturated carbocycles. The van der Waals surface area contributed by atoms with Gasteiger partial charge in [0.25, 0.3) is 0 Å². The van der Waals surface area contributed by atoms with Crippen LogP contribution in [0.3, 0.4) is 0 Å². The van der Waals surface area contributed by atoms with E-state index in [0.717, 1.165) is 16.7 Å². The molecule has 1 rings (SSSR count). The number of rotatable bonds is 3. The largest absolute Gasteiger partial charge is 0.469 e. The second-order valence-electron chi connectivity index (χ2n) is 6.19. The average Bonchev–Trinajstić information content (AvgIpc) is 2.34. The van der Waals surface area contributed by atoms with Gasteiger partial charge in [-0.2, -0.15) is 0 Å². The zero-order valence-corrected chi connectivity index (χ0v) is 13.1. The van der Waals surface area contributed by atoms with E-state index in [4.69, 9.17) is 4.74 Å². The zero-order valence-electron chi connectivity index (χ0n) is 13.1. The summed E-state index contributed by atoms with van der Waals surface area (Å²) in [5.74, 6) is -1.10. The van der Waals surface area contributed by atoms with Crippen LogP contribution in [0.4, 0.5) is 4.39 Å². The lowest BCUT2D eigenvalue weighted by Crippen LogP contribution is -2.21. The second-order valence-corrected chi connectivity index (χ2v) is 6.19.